The van der Waals surface area contributed by atoms with Crippen molar-refractivity contribution in [1.29, 1.82) is 0 Å². The van der Waals surface area contributed by atoms with Crippen LogP contribution >= 0.6 is 11.3 Å². The molecule has 1 aromatic heterocycles. The highest BCUT2D eigenvalue weighted by Crippen LogP contribution is 2.39. The van der Waals surface area contributed by atoms with Gasteiger partial charge in [-0.3, -0.25) is 4.79 Å². The fourth-order valence-electron chi connectivity index (χ4n) is 3.22. The maximum absolute atomic E-state index is 13.2. The molecule has 0 aliphatic carbocycles. The van der Waals surface area contributed by atoms with Gasteiger partial charge in [0, 0.05) is 15.6 Å². The van der Waals surface area contributed by atoms with Gasteiger partial charge < -0.3 is 4.74 Å². The Bertz CT molecular complexity index is 1050. The molecule has 0 saturated carbocycles. The van der Waals surface area contributed by atoms with Crippen molar-refractivity contribution in [3.63, 3.8) is 0 Å². The molecule has 4 aromatic rings. The van der Waals surface area contributed by atoms with Gasteiger partial charge in [-0.25, -0.2) is 0 Å². The summed E-state index contributed by atoms with van der Waals surface area (Å²) in [5, 5.41) is 1.04. The molecule has 0 amide bonds. The molecule has 3 heteroatoms. The third-order valence-electron chi connectivity index (χ3n) is 4.46. The van der Waals surface area contributed by atoms with Gasteiger partial charge in [-0.2, -0.15) is 0 Å². The Morgan fingerprint density at radius 2 is 1.58 bits per heavy atom. The Morgan fingerprint density at radius 3 is 2.27 bits per heavy atom. The summed E-state index contributed by atoms with van der Waals surface area (Å²) < 4.78 is 6.68. The van der Waals surface area contributed by atoms with Gasteiger partial charge in [0.1, 0.15) is 5.75 Å². The van der Waals surface area contributed by atoms with Crippen molar-refractivity contribution >= 4 is 27.2 Å². The first-order valence-electron chi connectivity index (χ1n) is 8.50. The number of hydrogen-bond donors (Lipinski definition) is 0. The van der Waals surface area contributed by atoms with Crippen LogP contribution in [0.15, 0.2) is 78.9 Å². The van der Waals surface area contributed by atoms with Gasteiger partial charge >= 0.3 is 0 Å². The third kappa shape index (κ3) is 3.02. The number of methoxy groups -OCH3 is 1. The normalized spacial score (nSPS) is 10.8. The fourth-order valence-corrected chi connectivity index (χ4v) is 4.42. The molecule has 3 aromatic carbocycles. The monoisotopic (exact) mass is 358 g/mol. The molecule has 0 radical (unpaired) electrons. The van der Waals surface area contributed by atoms with E-state index < -0.39 is 0 Å². The van der Waals surface area contributed by atoms with Crippen LogP contribution in [0.5, 0.6) is 5.75 Å². The van der Waals surface area contributed by atoms with Crippen molar-refractivity contribution < 1.29 is 9.53 Å². The molecule has 0 spiro atoms. The van der Waals surface area contributed by atoms with E-state index in [0.29, 0.717) is 12.0 Å². The average Bonchev–Trinajstić information content (AvgIpc) is 3.07. The number of carbonyl (C=O) groups excluding carboxylic acids is 1. The maximum Gasteiger partial charge on any atom is 0.203 e. The number of benzene rings is 3. The molecule has 2 nitrogen and oxygen atoms in total. The number of ketones is 1. The SMILES string of the molecule is COc1cccc2sc(C(=O)c3ccccc3)c(Cc3ccccc3)c12. The molecule has 0 aliphatic heterocycles. The van der Waals surface area contributed by atoms with E-state index in [9.17, 15) is 4.79 Å². The van der Waals surface area contributed by atoms with E-state index in [-0.39, 0.29) is 5.78 Å². The zero-order chi connectivity index (χ0) is 17.9. The number of carbonyl (C=O) groups is 1. The molecule has 26 heavy (non-hydrogen) atoms. The molecular weight excluding hydrogens is 340 g/mol. The number of fused-ring (bicyclic) bond motifs is 1. The van der Waals surface area contributed by atoms with Crippen molar-refractivity contribution in [1.82, 2.24) is 0 Å². The number of rotatable bonds is 5. The summed E-state index contributed by atoms with van der Waals surface area (Å²) >= 11 is 1.55. The van der Waals surface area contributed by atoms with Crippen LogP contribution in [0.3, 0.4) is 0 Å². The molecular formula is C23H18O2S. The highest BCUT2D eigenvalue weighted by Gasteiger charge is 2.22. The van der Waals surface area contributed by atoms with Crippen LogP contribution in [0.1, 0.15) is 26.4 Å². The minimum Gasteiger partial charge on any atom is -0.496 e. The zero-order valence-electron chi connectivity index (χ0n) is 14.4. The first-order chi connectivity index (χ1) is 12.8. The lowest BCUT2D eigenvalue weighted by Gasteiger charge is -2.08. The van der Waals surface area contributed by atoms with Crippen LogP contribution in [0.25, 0.3) is 10.1 Å². The molecule has 0 aliphatic rings. The smallest absolute Gasteiger partial charge is 0.203 e. The van der Waals surface area contributed by atoms with Gasteiger partial charge in [0.15, 0.2) is 0 Å². The van der Waals surface area contributed by atoms with E-state index in [1.165, 1.54) is 5.56 Å². The van der Waals surface area contributed by atoms with Crippen LogP contribution in [-0.4, -0.2) is 12.9 Å². The second-order valence-electron chi connectivity index (χ2n) is 6.10. The molecule has 4 rings (SSSR count). The van der Waals surface area contributed by atoms with Crippen LogP contribution in [0.2, 0.25) is 0 Å². The molecule has 0 bridgehead atoms. The zero-order valence-corrected chi connectivity index (χ0v) is 15.3. The van der Waals surface area contributed by atoms with Crippen molar-refractivity contribution in [2.75, 3.05) is 7.11 Å². The third-order valence-corrected chi connectivity index (χ3v) is 5.66. The maximum atomic E-state index is 13.2. The van der Waals surface area contributed by atoms with Gasteiger partial charge in [0.2, 0.25) is 5.78 Å². The quantitative estimate of drug-likeness (QED) is 0.426. The molecule has 0 saturated heterocycles. The summed E-state index contributed by atoms with van der Waals surface area (Å²) in [4.78, 5) is 14.0. The fraction of sp³-hybridized carbons (Fsp3) is 0.0870. The Kier molecular flexibility index (Phi) is 4.55. The number of hydrogen-bond acceptors (Lipinski definition) is 3. The Morgan fingerprint density at radius 1 is 0.885 bits per heavy atom. The molecule has 0 N–H and O–H groups in total. The lowest BCUT2D eigenvalue weighted by molar-refractivity contribution is 0.104. The lowest BCUT2D eigenvalue weighted by Crippen LogP contribution is -2.03. The van der Waals surface area contributed by atoms with Crippen LogP contribution in [0, 0.1) is 0 Å². The first kappa shape index (κ1) is 16.6. The first-order valence-corrected chi connectivity index (χ1v) is 9.31. The minimum absolute atomic E-state index is 0.0692. The second-order valence-corrected chi connectivity index (χ2v) is 7.15. The van der Waals surface area contributed by atoms with Crippen molar-refractivity contribution in [3.05, 3.63) is 100 Å². The molecule has 128 valence electrons. The van der Waals surface area contributed by atoms with Crippen molar-refractivity contribution in [3.8, 4) is 5.75 Å². The van der Waals surface area contributed by atoms with Crippen LogP contribution in [0.4, 0.5) is 0 Å². The van der Waals surface area contributed by atoms with E-state index in [4.69, 9.17) is 4.74 Å². The minimum atomic E-state index is 0.0692. The number of ether oxygens (including phenoxy) is 1. The predicted octanol–water partition coefficient (Wildman–Crippen LogP) is 5.73. The Hall–Kier alpha value is -2.91. The summed E-state index contributed by atoms with van der Waals surface area (Å²) in [6.45, 7) is 0. The Labute approximate surface area is 156 Å². The highest BCUT2D eigenvalue weighted by atomic mass is 32.1. The summed E-state index contributed by atoms with van der Waals surface area (Å²) in [5.74, 6) is 0.886. The summed E-state index contributed by atoms with van der Waals surface area (Å²) in [5.41, 5.74) is 2.94. The van der Waals surface area contributed by atoms with E-state index in [2.05, 4.69) is 18.2 Å². The standard InChI is InChI=1S/C23H18O2S/c1-25-19-13-8-14-20-21(19)18(15-16-9-4-2-5-10-16)23(26-20)22(24)17-11-6-3-7-12-17/h2-14H,15H2,1H3. The van der Waals surface area contributed by atoms with Gasteiger partial charge in [-0.15, -0.1) is 11.3 Å². The van der Waals surface area contributed by atoms with E-state index in [1.807, 2.05) is 60.7 Å². The van der Waals surface area contributed by atoms with E-state index in [1.54, 1.807) is 18.4 Å². The lowest BCUT2D eigenvalue weighted by atomic mass is 9.98. The topological polar surface area (TPSA) is 26.3 Å². The Balaban J connectivity index is 1.91. The van der Waals surface area contributed by atoms with Crippen molar-refractivity contribution in [2.45, 2.75) is 6.42 Å². The largest absolute Gasteiger partial charge is 0.496 e. The van der Waals surface area contributed by atoms with Crippen molar-refractivity contribution in [2.24, 2.45) is 0 Å². The molecule has 0 unspecified atom stereocenters. The van der Waals surface area contributed by atoms with Crippen LogP contribution in [-0.2, 0) is 6.42 Å². The summed E-state index contributed by atoms with van der Waals surface area (Å²) in [6.07, 6.45) is 0.703. The van der Waals surface area contributed by atoms with Gasteiger partial charge in [0.25, 0.3) is 0 Å². The van der Waals surface area contributed by atoms with Gasteiger partial charge in [-0.05, 0) is 29.7 Å². The van der Waals surface area contributed by atoms with E-state index >= 15 is 0 Å². The molecule has 0 fully saturated rings. The second kappa shape index (κ2) is 7.14. The van der Waals surface area contributed by atoms with Crippen LogP contribution < -0.4 is 4.74 Å². The molecule has 0 atom stereocenters. The summed E-state index contributed by atoms with van der Waals surface area (Å²) in [6, 6.07) is 25.7. The average molecular weight is 358 g/mol. The molecule has 1 heterocycles. The highest BCUT2D eigenvalue weighted by molar-refractivity contribution is 7.21. The van der Waals surface area contributed by atoms with E-state index in [0.717, 1.165) is 26.3 Å². The summed E-state index contributed by atoms with van der Waals surface area (Å²) in [7, 11) is 1.68. The van der Waals surface area contributed by atoms with Gasteiger partial charge in [0.05, 0.1) is 12.0 Å². The number of thiophene rings is 1. The predicted molar refractivity (Wildman–Crippen MR) is 107 cm³/mol. The van der Waals surface area contributed by atoms with Gasteiger partial charge in [-0.1, -0.05) is 66.7 Å².